The van der Waals surface area contributed by atoms with Gasteiger partial charge in [0, 0.05) is 11.1 Å². The van der Waals surface area contributed by atoms with Gasteiger partial charge in [0.25, 0.3) is 0 Å². The second-order valence-electron chi connectivity index (χ2n) is 6.84. The van der Waals surface area contributed by atoms with E-state index < -0.39 is 18.2 Å². The summed E-state index contributed by atoms with van der Waals surface area (Å²) in [5, 5.41) is 10.0. The fourth-order valence-corrected chi connectivity index (χ4v) is 2.18. The number of carbonyl (C=O) groups is 2. The molecule has 0 aromatic heterocycles. The molecule has 6 heteroatoms. The number of carbonyl (C=O) groups excluding carboxylic acids is 2. The minimum absolute atomic E-state index is 0.138. The van der Waals surface area contributed by atoms with E-state index in [2.05, 4.69) is 19.7 Å². The van der Waals surface area contributed by atoms with E-state index in [1.54, 1.807) is 56.3 Å². The van der Waals surface area contributed by atoms with E-state index in [0.717, 1.165) is 11.1 Å². The summed E-state index contributed by atoms with van der Waals surface area (Å²) in [6.07, 6.45) is -1.27. The van der Waals surface area contributed by atoms with E-state index in [0.29, 0.717) is 16.9 Å². The van der Waals surface area contributed by atoms with Gasteiger partial charge in [0.1, 0.15) is 5.75 Å². The molecule has 156 valence electrons. The molecular weight excluding hydrogens is 384 g/mol. The number of aliphatic hydroxyl groups excluding tert-OH is 1. The summed E-state index contributed by atoms with van der Waals surface area (Å²) < 4.78 is 16.0. The number of benzene rings is 2. The molecule has 0 saturated heterocycles. The third kappa shape index (κ3) is 5.93. The Hall–Kier alpha value is -3.64. The van der Waals surface area contributed by atoms with Crippen LogP contribution in [0.5, 0.6) is 17.2 Å². The minimum atomic E-state index is -1.27. The van der Waals surface area contributed by atoms with Gasteiger partial charge >= 0.3 is 11.9 Å². The first-order chi connectivity index (χ1) is 14.1. The van der Waals surface area contributed by atoms with Crippen molar-refractivity contribution in [2.24, 2.45) is 0 Å². The van der Waals surface area contributed by atoms with E-state index in [4.69, 9.17) is 14.2 Å². The van der Waals surface area contributed by atoms with Gasteiger partial charge in [-0.25, -0.2) is 9.59 Å². The highest BCUT2D eigenvalue weighted by Crippen LogP contribution is 2.34. The minimum Gasteiger partial charge on any atom is -0.457 e. The molecule has 0 radical (unpaired) electrons. The molecule has 0 aliphatic carbocycles. The maximum absolute atomic E-state index is 11.9. The van der Waals surface area contributed by atoms with Gasteiger partial charge in [-0.2, -0.15) is 0 Å². The summed E-state index contributed by atoms with van der Waals surface area (Å²) in [5.74, 6) is -0.431. The normalized spacial score (nSPS) is 11.2. The summed E-state index contributed by atoms with van der Waals surface area (Å²) in [7, 11) is 0. The number of esters is 2. The van der Waals surface area contributed by atoms with Crippen LogP contribution in [0.15, 0.2) is 78.9 Å². The van der Waals surface area contributed by atoms with Crippen LogP contribution in [0, 0.1) is 0 Å². The van der Waals surface area contributed by atoms with Crippen LogP contribution in [0.1, 0.15) is 20.8 Å². The Morgan fingerprint density at radius 3 is 1.87 bits per heavy atom. The fraction of sp³-hybridized carbons (Fsp3) is 0.167. The Kier molecular flexibility index (Phi) is 7.33. The Balaban J connectivity index is 2.35. The zero-order valence-corrected chi connectivity index (χ0v) is 17.2. The van der Waals surface area contributed by atoms with Crippen molar-refractivity contribution in [2.45, 2.75) is 27.1 Å². The largest absolute Gasteiger partial charge is 0.457 e. The summed E-state index contributed by atoms with van der Waals surface area (Å²) in [5.41, 5.74) is 2.44. The van der Waals surface area contributed by atoms with E-state index in [-0.39, 0.29) is 17.1 Å². The number of rotatable bonds is 8. The van der Waals surface area contributed by atoms with Gasteiger partial charge in [-0.1, -0.05) is 37.9 Å². The molecule has 0 bridgehead atoms. The lowest BCUT2D eigenvalue weighted by molar-refractivity contribution is -0.131. The summed E-state index contributed by atoms with van der Waals surface area (Å²) >= 11 is 0. The van der Waals surface area contributed by atoms with Crippen LogP contribution >= 0.6 is 0 Å². The van der Waals surface area contributed by atoms with Gasteiger partial charge in [0.05, 0.1) is 0 Å². The van der Waals surface area contributed by atoms with Crippen molar-refractivity contribution in [1.29, 1.82) is 0 Å². The Morgan fingerprint density at radius 1 is 0.800 bits per heavy atom. The lowest BCUT2D eigenvalue weighted by atomic mass is 10.0. The number of aliphatic hydroxyl groups is 1. The predicted molar refractivity (Wildman–Crippen MR) is 114 cm³/mol. The van der Waals surface area contributed by atoms with Gasteiger partial charge in [0.15, 0.2) is 11.5 Å². The number of ether oxygens (including phenoxy) is 3. The van der Waals surface area contributed by atoms with Crippen molar-refractivity contribution in [3.05, 3.63) is 78.9 Å². The summed E-state index contributed by atoms with van der Waals surface area (Å²) in [6, 6.07) is 11.7. The zero-order valence-electron chi connectivity index (χ0n) is 17.2. The molecule has 30 heavy (non-hydrogen) atoms. The fourth-order valence-electron chi connectivity index (χ4n) is 2.18. The van der Waals surface area contributed by atoms with Gasteiger partial charge in [-0.15, -0.1) is 0 Å². The number of hydrogen-bond acceptors (Lipinski definition) is 6. The smallest absolute Gasteiger partial charge is 0.338 e. The maximum atomic E-state index is 11.9. The Bertz CT molecular complexity index is 1000. The Morgan fingerprint density at radius 2 is 1.33 bits per heavy atom. The highest BCUT2D eigenvalue weighted by molar-refractivity contribution is 5.89. The molecule has 0 fully saturated rings. The third-order valence-electron chi connectivity index (χ3n) is 3.90. The summed E-state index contributed by atoms with van der Waals surface area (Å²) in [6.45, 7) is 15.5. The molecule has 1 atom stereocenters. The summed E-state index contributed by atoms with van der Waals surface area (Å²) in [4.78, 5) is 23.5. The monoisotopic (exact) mass is 408 g/mol. The van der Waals surface area contributed by atoms with Gasteiger partial charge < -0.3 is 19.3 Å². The topological polar surface area (TPSA) is 82.1 Å². The van der Waals surface area contributed by atoms with Gasteiger partial charge in [-0.3, -0.25) is 0 Å². The molecule has 6 nitrogen and oxygen atoms in total. The quantitative estimate of drug-likeness (QED) is 0.226. The first-order valence-corrected chi connectivity index (χ1v) is 9.08. The lowest BCUT2D eigenvalue weighted by Gasteiger charge is -2.17. The second kappa shape index (κ2) is 9.71. The molecule has 0 saturated carbocycles. The molecule has 0 aliphatic heterocycles. The molecule has 2 aromatic rings. The molecule has 1 N–H and O–H groups in total. The van der Waals surface area contributed by atoms with Crippen LogP contribution in [0.2, 0.25) is 0 Å². The van der Waals surface area contributed by atoms with Crippen molar-refractivity contribution >= 4 is 11.9 Å². The van der Waals surface area contributed by atoms with E-state index >= 15 is 0 Å². The van der Waals surface area contributed by atoms with Crippen molar-refractivity contribution in [3.8, 4) is 28.4 Å². The van der Waals surface area contributed by atoms with Crippen molar-refractivity contribution < 1.29 is 28.9 Å². The van der Waals surface area contributed by atoms with Crippen molar-refractivity contribution in [2.75, 3.05) is 0 Å². The maximum Gasteiger partial charge on any atom is 0.338 e. The molecule has 0 aliphatic rings. The zero-order chi connectivity index (χ0) is 22.4. The molecule has 0 amide bonds. The molecule has 1 unspecified atom stereocenters. The first kappa shape index (κ1) is 22.6. The van der Waals surface area contributed by atoms with Crippen LogP contribution in [-0.2, 0) is 9.59 Å². The number of hydrogen-bond donors (Lipinski definition) is 1. The van der Waals surface area contributed by atoms with Crippen molar-refractivity contribution in [3.63, 3.8) is 0 Å². The molecular formula is C24H24O6. The first-order valence-electron chi connectivity index (χ1n) is 9.08. The standard InChI is InChI=1S/C24H24O6/c1-14(2)22(25)28-19-10-7-17(8-11-19)18-9-12-20(29-23(26)15(3)4)21(13-18)30-24(27)16(5)6/h7-13,24,27H,1,3,5H2,2,4,6H3. The molecule has 0 heterocycles. The molecule has 0 spiro atoms. The third-order valence-corrected chi connectivity index (χ3v) is 3.90. The van der Waals surface area contributed by atoms with E-state index in [1.807, 2.05) is 0 Å². The lowest BCUT2D eigenvalue weighted by Crippen LogP contribution is -2.17. The van der Waals surface area contributed by atoms with E-state index in [1.165, 1.54) is 6.92 Å². The van der Waals surface area contributed by atoms with Crippen LogP contribution < -0.4 is 14.2 Å². The predicted octanol–water partition coefficient (Wildman–Crippen LogP) is 4.59. The van der Waals surface area contributed by atoms with Crippen LogP contribution in [0.25, 0.3) is 11.1 Å². The molecule has 2 rings (SSSR count). The Labute approximate surface area is 175 Å². The second-order valence-corrected chi connectivity index (χ2v) is 6.84. The highest BCUT2D eigenvalue weighted by Gasteiger charge is 2.16. The average molecular weight is 408 g/mol. The van der Waals surface area contributed by atoms with Gasteiger partial charge in [0.2, 0.25) is 6.29 Å². The highest BCUT2D eigenvalue weighted by atomic mass is 16.6. The van der Waals surface area contributed by atoms with Gasteiger partial charge in [-0.05, 0) is 61.7 Å². The molecule has 2 aromatic carbocycles. The van der Waals surface area contributed by atoms with Crippen LogP contribution in [0.3, 0.4) is 0 Å². The SMILES string of the molecule is C=C(C)C(=O)Oc1ccc(-c2ccc(OC(=O)C(=C)C)c(OC(O)C(=C)C)c2)cc1. The van der Waals surface area contributed by atoms with Crippen LogP contribution in [-0.4, -0.2) is 23.3 Å². The van der Waals surface area contributed by atoms with Crippen LogP contribution in [0.4, 0.5) is 0 Å². The average Bonchev–Trinajstić information content (AvgIpc) is 2.69. The van der Waals surface area contributed by atoms with E-state index in [9.17, 15) is 14.7 Å². The van der Waals surface area contributed by atoms with Crippen molar-refractivity contribution in [1.82, 2.24) is 0 Å².